The van der Waals surface area contributed by atoms with Gasteiger partial charge >= 0.3 is 5.97 Å². The molecule has 8 heteroatoms. The number of piperidine rings is 1. The van der Waals surface area contributed by atoms with Gasteiger partial charge in [0.25, 0.3) is 0 Å². The Morgan fingerprint density at radius 1 is 1.21 bits per heavy atom. The van der Waals surface area contributed by atoms with Crippen molar-refractivity contribution in [2.24, 2.45) is 11.8 Å². The summed E-state index contributed by atoms with van der Waals surface area (Å²) in [6.45, 7) is 5.25. The van der Waals surface area contributed by atoms with E-state index in [2.05, 4.69) is 14.8 Å². The molecule has 184 valence electrons. The second-order valence-electron chi connectivity index (χ2n) is 9.99. The zero-order valence-corrected chi connectivity index (χ0v) is 19.8. The molecule has 0 bridgehead atoms. The summed E-state index contributed by atoms with van der Waals surface area (Å²) in [5, 5.41) is 21.9. The van der Waals surface area contributed by atoms with Crippen LogP contribution in [0.5, 0.6) is 5.75 Å². The van der Waals surface area contributed by atoms with E-state index in [0.29, 0.717) is 31.5 Å². The number of ether oxygens (including phenoxy) is 2. The zero-order chi connectivity index (χ0) is 23.7. The van der Waals surface area contributed by atoms with E-state index in [9.17, 15) is 15.0 Å². The number of pyridine rings is 1. The van der Waals surface area contributed by atoms with E-state index in [1.54, 1.807) is 13.3 Å². The van der Waals surface area contributed by atoms with Gasteiger partial charge in [-0.3, -0.25) is 19.6 Å². The van der Waals surface area contributed by atoms with Gasteiger partial charge in [-0.2, -0.15) is 0 Å². The lowest BCUT2D eigenvalue weighted by atomic mass is 9.80. The molecule has 2 aromatic rings. The lowest BCUT2D eigenvalue weighted by Gasteiger charge is -2.50. The summed E-state index contributed by atoms with van der Waals surface area (Å²) < 4.78 is 10.9. The van der Waals surface area contributed by atoms with Crippen molar-refractivity contribution in [2.75, 3.05) is 46.5 Å². The normalized spacial score (nSPS) is 27.5. The molecule has 2 unspecified atom stereocenters. The summed E-state index contributed by atoms with van der Waals surface area (Å²) in [6.07, 6.45) is 4.23. The van der Waals surface area contributed by atoms with Gasteiger partial charge in [0.1, 0.15) is 5.75 Å². The minimum absolute atomic E-state index is 0.0745. The number of carboxylic acid groups (broad SMARTS) is 1. The molecule has 4 heterocycles. The smallest absolute Gasteiger partial charge is 0.308 e. The largest absolute Gasteiger partial charge is 0.497 e. The number of likely N-dealkylation sites (tertiary alicyclic amines) is 2. The van der Waals surface area contributed by atoms with Crippen LogP contribution in [0.15, 0.2) is 30.5 Å². The molecule has 5 rings (SSSR count). The van der Waals surface area contributed by atoms with Crippen LogP contribution in [-0.2, 0) is 9.53 Å². The second kappa shape index (κ2) is 10.2. The van der Waals surface area contributed by atoms with Gasteiger partial charge in [0.05, 0.1) is 31.3 Å². The Kier molecular flexibility index (Phi) is 7.01. The Morgan fingerprint density at radius 2 is 2.06 bits per heavy atom. The predicted molar refractivity (Wildman–Crippen MR) is 128 cm³/mol. The van der Waals surface area contributed by atoms with Crippen LogP contribution in [0.4, 0.5) is 0 Å². The summed E-state index contributed by atoms with van der Waals surface area (Å²) in [5.41, 5.74) is 1.63. The maximum absolute atomic E-state index is 12.1. The number of rotatable bonds is 8. The molecule has 3 aliphatic rings. The van der Waals surface area contributed by atoms with E-state index >= 15 is 0 Å². The Hall–Kier alpha value is -2.26. The molecule has 0 saturated carbocycles. The van der Waals surface area contributed by atoms with Crippen molar-refractivity contribution in [1.29, 1.82) is 0 Å². The number of aliphatic carboxylic acids is 1. The first-order valence-electron chi connectivity index (χ1n) is 12.4. The first kappa shape index (κ1) is 23.5. The van der Waals surface area contributed by atoms with Gasteiger partial charge < -0.3 is 19.7 Å². The molecular weight excluding hydrogens is 434 g/mol. The van der Waals surface area contributed by atoms with E-state index in [0.717, 1.165) is 67.9 Å². The lowest BCUT2D eigenvalue weighted by Crippen LogP contribution is -2.64. The number of methoxy groups -OCH3 is 1. The van der Waals surface area contributed by atoms with Crippen molar-refractivity contribution < 1.29 is 24.5 Å². The topological polar surface area (TPSA) is 95.4 Å². The van der Waals surface area contributed by atoms with Gasteiger partial charge in [-0.05, 0) is 68.0 Å². The monoisotopic (exact) mass is 469 g/mol. The van der Waals surface area contributed by atoms with E-state index < -0.39 is 12.1 Å². The molecule has 3 aliphatic heterocycles. The van der Waals surface area contributed by atoms with Crippen LogP contribution in [0.2, 0.25) is 0 Å². The van der Waals surface area contributed by atoms with Crippen molar-refractivity contribution >= 4 is 16.9 Å². The number of aromatic nitrogens is 1. The third kappa shape index (κ3) is 4.77. The molecule has 34 heavy (non-hydrogen) atoms. The Balaban J connectivity index is 1.19. The molecule has 3 fully saturated rings. The van der Waals surface area contributed by atoms with Crippen LogP contribution in [0.3, 0.4) is 0 Å². The van der Waals surface area contributed by atoms with Gasteiger partial charge in [-0.25, -0.2) is 0 Å². The summed E-state index contributed by atoms with van der Waals surface area (Å²) >= 11 is 0. The standard InChI is InChI=1S/C26H35N3O5/c1-33-20-3-4-24-22(12-20)21(6-9-27-24)25(30)5-2-17-7-10-28(15-23(17)26(31)32)19-13-29(14-19)18-8-11-34-16-18/h3-4,6,9,12,17-19,23,25,30H,2,5,7-8,10-11,13-16H2,1H3,(H,31,32)/t17-,18?,23+,25?/m1/s1. The maximum Gasteiger partial charge on any atom is 0.308 e. The zero-order valence-electron chi connectivity index (χ0n) is 19.8. The van der Waals surface area contributed by atoms with Gasteiger partial charge in [-0.15, -0.1) is 0 Å². The molecule has 2 N–H and O–H groups in total. The molecule has 4 atom stereocenters. The fourth-order valence-corrected chi connectivity index (χ4v) is 5.90. The molecule has 0 radical (unpaired) electrons. The van der Waals surface area contributed by atoms with Crippen molar-refractivity contribution in [2.45, 2.75) is 43.9 Å². The number of carbonyl (C=O) groups is 1. The van der Waals surface area contributed by atoms with Crippen LogP contribution in [0.1, 0.15) is 37.4 Å². The third-order valence-electron chi connectivity index (χ3n) is 8.09. The van der Waals surface area contributed by atoms with Crippen LogP contribution in [0, 0.1) is 11.8 Å². The van der Waals surface area contributed by atoms with E-state index in [4.69, 9.17) is 9.47 Å². The minimum atomic E-state index is -0.719. The number of hydrogen-bond donors (Lipinski definition) is 2. The van der Waals surface area contributed by atoms with E-state index in [-0.39, 0.29) is 11.8 Å². The van der Waals surface area contributed by atoms with E-state index in [1.807, 2.05) is 24.3 Å². The highest BCUT2D eigenvalue weighted by Crippen LogP contribution is 2.35. The average Bonchev–Trinajstić information content (AvgIpc) is 3.35. The van der Waals surface area contributed by atoms with Gasteiger partial charge in [0.15, 0.2) is 0 Å². The van der Waals surface area contributed by atoms with Crippen LogP contribution >= 0.6 is 0 Å². The van der Waals surface area contributed by atoms with Crippen LogP contribution < -0.4 is 4.74 Å². The summed E-state index contributed by atoms with van der Waals surface area (Å²) in [7, 11) is 1.62. The summed E-state index contributed by atoms with van der Waals surface area (Å²) in [5.74, 6) is -0.310. The van der Waals surface area contributed by atoms with Crippen molar-refractivity contribution in [1.82, 2.24) is 14.8 Å². The second-order valence-corrected chi connectivity index (χ2v) is 9.99. The predicted octanol–water partition coefficient (Wildman–Crippen LogP) is 2.55. The number of carboxylic acids is 1. The number of aliphatic hydroxyl groups excluding tert-OH is 1. The number of hydrogen-bond acceptors (Lipinski definition) is 7. The SMILES string of the molecule is COc1ccc2nccc(C(O)CC[C@@H]3CCN(C4CN(C5CCOC5)C4)C[C@@H]3C(=O)O)c2c1. The van der Waals surface area contributed by atoms with Crippen LogP contribution in [0.25, 0.3) is 10.9 Å². The van der Waals surface area contributed by atoms with Crippen molar-refractivity contribution in [3.63, 3.8) is 0 Å². The molecule has 3 saturated heterocycles. The van der Waals surface area contributed by atoms with Crippen molar-refractivity contribution in [3.05, 3.63) is 36.0 Å². The Morgan fingerprint density at radius 3 is 2.79 bits per heavy atom. The Bertz CT molecular complexity index is 1010. The van der Waals surface area contributed by atoms with E-state index in [1.165, 1.54) is 0 Å². The minimum Gasteiger partial charge on any atom is -0.497 e. The average molecular weight is 470 g/mol. The highest BCUT2D eigenvalue weighted by Gasteiger charge is 2.42. The molecule has 0 spiro atoms. The molecule has 1 aromatic carbocycles. The highest BCUT2D eigenvalue weighted by atomic mass is 16.5. The first-order chi connectivity index (χ1) is 16.5. The fraction of sp³-hybridized carbons (Fsp3) is 0.615. The number of nitrogens with zero attached hydrogens (tertiary/aromatic N) is 3. The third-order valence-corrected chi connectivity index (χ3v) is 8.09. The number of benzene rings is 1. The maximum atomic E-state index is 12.1. The first-order valence-corrected chi connectivity index (χ1v) is 12.4. The molecule has 0 amide bonds. The van der Waals surface area contributed by atoms with Crippen molar-refractivity contribution in [3.8, 4) is 5.75 Å². The van der Waals surface area contributed by atoms with Gasteiger partial charge in [0, 0.05) is 49.9 Å². The molecule has 1 aromatic heterocycles. The Labute approximate surface area is 200 Å². The van der Waals surface area contributed by atoms with Crippen LogP contribution in [-0.4, -0.2) is 89.6 Å². The number of aliphatic hydroxyl groups is 1. The quantitative estimate of drug-likeness (QED) is 0.609. The van der Waals surface area contributed by atoms with Gasteiger partial charge in [-0.1, -0.05) is 0 Å². The lowest BCUT2D eigenvalue weighted by molar-refractivity contribution is -0.148. The van der Waals surface area contributed by atoms with Gasteiger partial charge in [0.2, 0.25) is 0 Å². The summed E-state index contributed by atoms with van der Waals surface area (Å²) in [6, 6.07) is 8.49. The molecule has 0 aliphatic carbocycles. The highest BCUT2D eigenvalue weighted by molar-refractivity contribution is 5.83. The molecular formula is C26H35N3O5. The summed E-state index contributed by atoms with van der Waals surface area (Å²) in [4.78, 5) is 21.4. The fourth-order valence-electron chi connectivity index (χ4n) is 5.90. The molecule has 8 nitrogen and oxygen atoms in total. The number of fused-ring (bicyclic) bond motifs is 1.